The highest BCUT2D eigenvalue weighted by molar-refractivity contribution is 7.92. The lowest BCUT2D eigenvalue weighted by molar-refractivity contribution is 0.0951. The third kappa shape index (κ3) is 5.48. The number of aryl methyl sites for hydroxylation is 1. The molecule has 3 aromatic carbocycles. The maximum absolute atomic E-state index is 13.2. The number of hydrogen-bond acceptors (Lipinski definition) is 4. The Bertz CT molecular complexity index is 1250. The Morgan fingerprint density at radius 1 is 0.941 bits per heavy atom. The Morgan fingerprint density at radius 2 is 1.62 bits per heavy atom. The molecule has 1 heterocycles. The fraction of sp³-hybridized carbons (Fsp3) is 0.296. The molecule has 3 aromatic rings. The number of rotatable bonds is 8. The zero-order valence-electron chi connectivity index (χ0n) is 19.7. The molecule has 0 bridgehead atoms. The number of likely N-dealkylation sites (tertiary alicyclic amines) is 1. The van der Waals surface area contributed by atoms with Crippen LogP contribution in [-0.2, 0) is 23.1 Å². The van der Waals surface area contributed by atoms with Gasteiger partial charge in [0.1, 0.15) is 0 Å². The molecule has 0 radical (unpaired) electrons. The van der Waals surface area contributed by atoms with Crippen molar-refractivity contribution < 1.29 is 13.2 Å². The van der Waals surface area contributed by atoms with Crippen LogP contribution < -0.4 is 9.62 Å². The van der Waals surface area contributed by atoms with E-state index in [9.17, 15) is 13.2 Å². The van der Waals surface area contributed by atoms with Crippen LogP contribution >= 0.6 is 0 Å². The Morgan fingerprint density at radius 3 is 2.35 bits per heavy atom. The zero-order chi connectivity index (χ0) is 24.1. The topological polar surface area (TPSA) is 69.7 Å². The second-order valence-electron chi connectivity index (χ2n) is 8.79. The van der Waals surface area contributed by atoms with E-state index in [-0.39, 0.29) is 10.8 Å². The Hall–Kier alpha value is -3.16. The van der Waals surface area contributed by atoms with Gasteiger partial charge in [0.15, 0.2) is 0 Å². The molecule has 0 aliphatic carbocycles. The van der Waals surface area contributed by atoms with Gasteiger partial charge in [-0.3, -0.25) is 14.0 Å². The second-order valence-corrected chi connectivity index (χ2v) is 10.8. The van der Waals surface area contributed by atoms with E-state index >= 15 is 0 Å². The minimum Gasteiger partial charge on any atom is -0.348 e. The summed E-state index contributed by atoms with van der Waals surface area (Å²) in [5.74, 6) is -0.313. The summed E-state index contributed by atoms with van der Waals surface area (Å²) in [6.07, 6.45) is 2.51. The van der Waals surface area contributed by atoms with Crippen LogP contribution in [0.15, 0.2) is 77.7 Å². The van der Waals surface area contributed by atoms with Crippen molar-refractivity contribution >= 4 is 21.6 Å². The SMILES string of the molecule is Cc1ccc(S(=O)(=O)N(C)c2ccccc2C(=O)NCc2cccc(CN3CCCC3)c2)cc1. The fourth-order valence-electron chi connectivity index (χ4n) is 4.25. The monoisotopic (exact) mass is 477 g/mol. The molecule has 1 fully saturated rings. The number of nitrogens with one attached hydrogen (secondary N) is 1. The average molecular weight is 478 g/mol. The number of para-hydroxylation sites is 1. The van der Waals surface area contributed by atoms with Gasteiger partial charge in [-0.15, -0.1) is 0 Å². The van der Waals surface area contributed by atoms with Crippen LogP contribution in [0.5, 0.6) is 0 Å². The van der Waals surface area contributed by atoms with E-state index in [4.69, 9.17) is 0 Å². The Kier molecular flexibility index (Phi) is 7.34. The number of anilines is 1. The van der Waals surface area contributed by atoms with E-state index < -0.39 is 10.0 Å². The van der Waals surface area contributed by atoms with Gasteiger partial charge in [0, 0.05) is 20.1 Å². The molecule has 34 heavy (non-hydrogen) atoms. The second kappa shape index (κ2) is 10.4. The van der Waals surface area contributed by atoms with E-state index in [2.05, 4.69) is 22.3 Å². The van der Waals surface area contributed by atoms with Crippen molar-refractivity contribution in [3.8, 4) is 0 Å². The number of benzene rings is 3. The van der Waals surface area contributed by atoms with Crippen molar-refractivity contribution in [2.75, 3.05) is 24.4 Å². The molecule has 0 spiro atoms. The summed E-state index contributed by atoms with van der Waals surface area (Å²) in [6.45, 7) is 5.47. The van der Waals surface area contributed by atoms with Gasteiger partial charge in [-0.1, -0.05) is 54.1 Å². The van der Waals surface area contributed by atoms with Gasteiger partial charge in [0.05, 0.1) is 16.1 Å². The van der Waals surface area contributed by atoms with Crippen LogP contribution in [-0.4, -0.2) is 39.4 Å². The average Bonchev–Trinajstić information content (AvgIpc) is 3.35. The maximum Gasteiger partial charge on any atom is 0.264 e. The molecule has 4 rings (SSSR count). The number of nitrogens with zero attached hydrogens (tertiary/aromatic N) is 2. The standard InChI is InChI=1S/C27H31N3O3S/c1-21-12-14-24(15-13-21)34(32,33)29(2)26-11-4-3-10-25(26)27(31)28-19-22-8-7-9-23(18-22)20-30-16-5-6-17-30/h3-4,7-15,18H,5-6,16-17,19-20H2,1-2H3,(H,28,31). The molecule has 178 valence electrons. The molecule has 7 heteroatoms. The first-order chi connectivity index (χ1) is 16.3. The van der Waals surface area contributed by atoms with Gasteiger partial charge in [-0.2, -0.15) is 0 Å². The largest absolute Gasteiger partial charge is 0.348 e. The smallest absolute Gasteiger partial charge is 0.264 e. The molecule has 0 atom stereocenters. The van der Waals surface area contributed by atoms with Crippen molar-refractivity contribution in [2.45, 2.75) is 37.8 Å². The van der Waals surface area contributed by atoms with Crippen molar-refractivity contribution in [1.29, 1.82) is 0 Å². The van der Waals surface area contributed by atoms with Gasteiger partial charge in [0.2, 0.25) is 0 Å². The molecule has 6 nitrogen and oxygen atoms in total. The number of sulfonamides is 1. The minimum atomic E-state index is -3.80. The van der Waals surface area contributed by atoms with Crippen LogP contribution in [0.25, 0.3) is 0 Å². The molecule has 1 aliphatic rings. The van der Waals surface area contributed by atoms with E-state index in [1.165, 1.54) is 29.8 Å². The van der Waals surface area contributed by atoms with E-state index in [1.54, 1.807) is 48.5 Å². The number of carbonyl (C=O) groups is 1. The lowest BCUT2D eigenvalue weighted by atomic mass is 10.1. The highest BCUT2D eigenvalue weighted by Gasteiger charge is 2.25. The first-order valence-corrected chi connectivity index (χ1v) is 13.0. The molecular formula is C27H31N3O3S. The van der Waals surface area contributed by atoms with E-state index in [1.807, 2.05) is 19.1 Å². The summed E-state index contributed by atoms with van der Waals surface area (Å²) >= 11 is 0. The summed E-state index contributed by atoms with van der Waals surface area (Å²) in [4.78, 5) is 15.7. The van der Waals surface area contributed by atoms with Crippen LogP contribution in [0.2, 0.25) is 0 Å². The van der Waals surface area contributed by atoms with Crippen LogP contribution in [0, 0.1) is 6.92 Å². The van der Waals surface area contributed by atoms with Gasteiger partial charge >= 0.3 is 0 Å². The Labute approximate surface area is 202 Å². The van der Waals surface area contributed by atoms with Crippen LogP contribution in [0.4, 0.5) is 5.69 Å². The fourth-order valence-corrected chi connectivity index (χ4v) is 5.47. The third-order valence-electron chi connectivity index (χ3n) is 6.22. The van der Waals surface area contributed by atoms with Crippen molar-refractivity contribution in [1.82, 2.24) is 10.2 Å². The maximum atomic E-state index is 13.2. The van der Waals surface area contributed by atoms with E-state index in [0.29, 0.717) is 17.8 Å². The molecule has 0 aromatic heterocycles. The summed E-state index contributed by atoms with van der Waals surface area (Å²) in [5.41, 5.74) is 3.88. The van der Waals surface area contributed by atoms with Gasteiger partial charge < -0.3 is 5.32 Å². The predicted octanol–water partition coefficient (Wildman–Crippen LogP) is 4.35. The molecule has 1 N–H and O–H groups in total. The van der Waals surface area contributed by atoms with Crippen molar-refractivity contribution in [3.63, 3.8) is 0 Å². The zero-order valence-corrected chi connectivity index (χ0v) is 20.5. The summed E-state index contributed by atoms with van der Waals surface area (Å²) < 4.78 is 27.5. The first kappa shape index (κ1) is 24.0. The minimum absolute atomic E-state index is 0.186. The highest BCUT2D eigenvalue weighted by atomic mass is 32.2. The first-order valence-electron chi connectivity index (χ1n) is 11.6. The molecule has 1 amide bonds. The molecule has 1 saturated heterocycles. The number of amides is 1. The Balaban J connectivity index is 1.48. The normalized spacial score (nSPS) is 14.2. The van der Waals surface area contributed by atoms with Crippen LogP contribution in [0.3, 0.4) is 0 Å². The lowest BCUT2D eigenvalue weighted by Crippen LogP contribution is -2.30. The quantitative estimate of drug-likeness (QED) is 0.524. The molecular weight excluding hydrogens is 446 g/mol. The van der Waals surface area contributed by atoms with E-state index in [0.717, 1.165) is 30.8 Å². The lowest BCUT2D eigenvalue weighted by Gasteiger charge is -2.22. The molecule has 0 unspecified atom stereocenters. The summed E-state index contributed by atoms with van der Waals surface area (Å²) in [7, 11) is -2.33. The molecule has 1 aliphatic heterocycles. The number of hydrogen-bond donors (Lipinski definition) is 1. The third-order valence-corrected chi connectivity index (χ3v) is 8.00. The predicted molar refractivity (Wildman–Crippen MR) is 135 cm³/mol. The van der Waals surface area contributed by atoms with Crippen LogP contribution in [0.1, 0.15) is 39.9 Å². The van der Waals surface area contributed by atoms with Crippen molar-refractivity contribution in [2.24, 2.45) is 0 Å². The summed E-state index contributed by atoms with van der Waals surface area (Å²) in [5, 5.41) is 2.96. The highest BCUT2D eigenvalue weighted by Crippen LogP contribution is 2.26. The summed E-state index contributed by atoms with van der Waals surface area (Å²) in [6, 6.07) is 21.7. The van der Waals surface area contributed by atoms with Crippen molar-refractivity contribution in [3.05, 3.63) is 95.1 Å². The van der Waals surface area contributed by atoms with Gasteiger partial charge in [-0.05, 0) is 68.2 Å². The number of carbonyl (C=O) groups excluding carboxylic acids is 1. The van der Waals surface area contributed by atoms with Gasteiger partial charge in [0.25, 0.3) is 15.9 Å². The molecule has 0 saturated carbocycles. The van der Waals surface area contributed by atoms with Gasteiger partial charge in [-0.25, -0.2) is 8.42 Å².